The zero-order valence-electron chi connectivity index (χ0n) is 20.1. The summed E-state index contributed by atoms with van der Waals surface area (Å²) in [6.07, 6.45) is -1.25. The van der Waals surface area contributed by atoms with Gasteiger partial charge in [-0.3, -0.25) is 4.79 Å². The molecule has 1 aromatic heterocycles. The summed E-state index contributed by atoms with van der Waals surface area (Å²) in [5, 5.41) is 11.0. The zero-order chi connectivity index (χ0) is 25.5. The van der Waals surface area contributed by atoms with E-state index in [1.54, 1.807) is 37.4 Å². The molecule has 1 aliphatic heterocycles. The topological polar surface area (TPSA) is 83.2 Å². The zero-order valence-corrected chi connectivity index (χ0v) is 20.1. The summed E-state index contributed by atoms with van der Waals surface area (Å²) in [5.74, 6) is -3.17. The number of carbonyl (C=O) groups excluding carboxylic acids is 2. The molecule has 3 aromatic rings. The number of hydrogen-bond donors (Lipinski definition) is 1. The number of piperidine rings is 1. The maximum atomic E-state index is 13.4. The van der Waals surface area contributed by atoms with Crippen LogP contribution in [0.3, 0.4) is 0 Å². The van der Waals surface area contributed by atoms with Crippen LogP contribution in [0.2, 0.25) is 0 Å². The van der Waals surface area contributed by atoms with Crippen molar-refractivity contribution in [3.63, 3.8) is 0 Å². The van der Waals surface area contributed by atoms with Crippen molar-refractivity contribution in [2.75, 3.05) is 20.1 Å². The minimum atomic E-state index is -2.71. The van der Waals surface area contributed by atoms with Crippen molar-refractivity contribution in [3.05, 3.63) is 48.0 Å². The molecule has 4 rings (SSSR count). The van der Waals surface area contributed by atoms with Crippen molar-refractivity contribution in [3.8, 4) is 22.8 Å². The number of furan rings is 1. The summed E-state index contributed by atoms with van der Waals surface area (Å²) in [7, 11) is 1.62. The summed E-state index contributed by atoms with van der Waals surface area (Å²) < 4.78 is 37.6. The van der Waals surface area contributed by atoms with Gasteiger partial charge in [-0.05, 0) is 56.2 Å². The third kappa shape index (κ3) is 5.23. The average Bonchev–Trinajstić information content (AvgIpc) is 3.20. The molecule has 2 aromatic carbocycles. The van der Waals surface area contributed by atoms with Crippen LogP contribution in [0, 0.1) is 0 Å². The lowest BCUT2D eigenvalue weighted by Crippen LogP contribution is -2.43. The van der Waals surface area contributed by atoms with E-state index in [0.717, 1.165) is 5.56 Å². The first-order chi connectivity index (χ1) is 16.3. The number of aromatic hydroxyl groups is 1. The van der Waals surface area contributed by atoms with Crippen LogP contribution < -0.4 is 4.74 Å². The van der Waals surface area contributed by atoms with Crippen molar-refractivity contribution in [2.45, 2.75) is 45.1 Å². The van der Waals surface area contributed by atoms with E-state index in [1.807, 2.05) is 20.8 Å². The van der Waals surface area contributed by atoms with Gasteiger partial charge in [0.2, 0.25) is 0 Å². The number of alkyl halides is 2. The highest BCUT2D eigenvalue weighted by Gasteiger charge is 2.35. The van der Waals surface area contributed by atoms with Gasteiger partial charge in [-0.1, -0.05) is 12.1 Å². The number of ether oxygens (including phenoxy) is 1. The number of rotatable bonds is 3. The van der Waals surface area contributed by atoms with Gasteiger partial charge >= 0.3 is 6.09 Å². The first kappa shape index (κ1) is 24.5. The molecular weight excluding hydrogens is 458 g/mol. The number of benzene rings is 2. The van der Waals surface area contributed by atoms with Crippen molar-refractivity contribution in [1.29, 1.82) is 0 Å². The van der Waals surface area contributed by atoms with E-state index in [2.05, 4.69) is 0 Å². The van der Waals surface area contributed by atoms with E-state index >= 15 is 0 Å². The van der Waals surface area contributed by atoms with Crippen LogP contribution in [0.5, 0.6) is 11.7 Å². The highest BCUT2D eigenvalue weighted by molar-refractivity contribution is 5.95. The molecule has 2 amide bonds. The Bertz CT molecular complexity index is 1250. The quantitative estimate of drug-likeness (QED) is 0.498. The van der Waals surface area contributed by atoms with Crippen LogP contribution >= 0.6 is 0 Å². The molecule has 186 valence electrons. The maximum Gasteiger partial charge on any atom is 0.417 e. The lowest BCUT2D eigenvalue weighted by molar-refractivity contribution is -0.0494. The van der Waals surface area contributed by atoms with Crippen molar-refractivity contribution < 1.29 is 32.6 Å². The van der Waals surface area contributed by atoms with Gasteiger partial charge < -0.3 is 24.1 Å². The smallest absolute Gasteiger partial charge is 0.417 e. The van der Waals surface area contributed by atoms with Crippen LogP contribution in [0.1, 0.15) is 44.0 Å². The summed E-state index contributed by atoms with van der Waals surface area (Å²) in [4.78, 5) is 27.9. The molecule has 1 aliphatic rings. The lowest BCUT2D eigenvalue weighted by Gasteiger charge is -2.31. The van der Waals surface area contributed by atoms with Gasteiger partial charge in [-0.25, -0.2) is 13.6 Å². The summed E-state index contributed by atoms with van der Waals surface area (Å²) in [5.41, 5.74) is 1.55. The summed E-state index contributed by atoms with van der Waals surface area (Å²) >= 11 is 0. The van der Waals surface area contributed by atoms with Crippen LogP contribution in [-0.2, 0) is 0 Å². The van der Waals surface area contributed by atoms with Gasteiger partial charge in [0.15, 0.2) is 11.3 Å². The van der Waals surface area contributed by atoms with Gasteiger partial charge in [0, 0.05) is 55.5 Å². The molecule has 1 N–H and O–H groups in total. The van der Waals surface area contributed by atoms with Crippen molar-refractivity contribution in [1.82, 2.24) is 9.80 Å². The highest BCUT2D eigenvalue weighted by Crippen LogP contribution is 2.37. The molecule has 0 unspecified atom stereocenters. The van der Waals surface area contributed by atoms with Crippen molar-refractivity contribution in [2.24, 2.45) is 0 Å². The average molecular weight is 487 g/mol. The Balaban J connectivity index is 1.52. The van der Waals surface area contributed by atoms with Crippen LogP contribution in [0.4, 0.5) is 13.6 Å². The number of nitrogens with zero attached hydrogens (tertiary/aromatic N) is 2. The predicted molar refractivity (Wildman–Crippen MR) is 127 cm³/mol. The molecule has 0 atom stereocenters. The fourth-order valence-corrected chi connectivity index (χ4v) is 3.78. The van der Waals surface area contributed by atoms with E-state index in [1.165, 1.54) is 21.9 Å². The Kier molecular flexibility index (Phi) is 6.21. The molecule has 9 heteroatoms. The molecule has 0 aliphatic carbocycles. The third-order valence-electron chi connectivity index (χ3n) is 6.29. The largest absolute Gasteiger partial charge is 0.504 e. The Morgan fingerprint density at radius 3 is 2.29 bits per heavy atom. The van der Waals surface area contributed by atoms with Gasteiger partial charge in [0.05, 0.1) is 0 Å². The Morgan fingerprint density at radius 2 is 1.69 bits per heavy atom. The highest BCUT2D eigenvalue weighted by atomic mass is 19.3. The SMILES string of the molecule is CN(C(=O)Oc1cc2cc(-c3ccc(C(=O)N4CCC(F)(F)CC4)cc3)cc(O)c2o1)C(C)(C)C. The van der Waals surface area contributed by atoms with E-state index in [0.29, 0.717) is 16.5 Å². The lowest BCUT2D eigenvalue weighted by atomic mass is 10.0. The van der Waals surface area contributed by atoms with E-state index in [4.69, 9.17) is 9.15 Å². The van der Waals surface area contributed by atoms with Crippen molar-refractivity contribution >= 4 is 23.0 Å². The Morgan fingerprint density at radius 1 is 1.06 bits per heavy atom. The first-order valence-electron chi connectivity index (χ1n) is 11.3. The Labute approximate surface area is 201 Å². The number of phenolic OH excluding ortho intramolecular Hbond substituents is 1. The van der Waals surface area contributed by atoms with Gasteiger partial charge in [0.1, 0.15) is 0 Å². The van der Waals surface area contributed by atoms with Gasteiger partial charge in [0.25, 0.3) is 17.8 Å². The number of amides is 2. The molecule has 0 spiro atoms. The second kappa shape index (κ2) is 8.87. The summed E-state index contributed by atoms with van der Waals surface area (Å²) in [6, 6.07) is 11.5. The van der Waals surface area contributed by atoms with Gasteiger partial charge in [-0.2, -0.15) is 0 Å². The molecule has 0 saturated carbocycles. The fraction of sp³-hybridized carbons (Fsp3) is 0.385. The number of likely N-dealkylation sites (tertiary alicyclic amines) is 1. The number of carbonyl (C=O) groups is 2. The fourth-order valence-electron chi connectivity index (χ4n) is 3.78. The van der Waals surface area contributed by atoms with E-state index in [-0.39, 0.29) is 49.1 Å². The minimum Gasteiger partial charge on any atom is -0.504 e. The second-order valence-corrected chi connectivity index (χ2v) is 9.80. The molecule has 1 saturated heterocycles. The third-order valence-corrected chi connectivity index (χ3v) is 6.29. The van der Waals surface area contributed by atoms with Gasteiger partial charge in [-0.15, -0.1) is 0 Å². The van der Waals surface area contributed by atoms with E-state index in [9.17, 15) is 23.5 Å². The maximum absolute atomic E-state index is 13.4. The summed E-state index contributed by atoms with van der Waals surface area (Å²) in [6.45, 7) is 5.66. The first-order valence-corrected chi connectivity index (χ1v) is 11.3. The number of hydrogen-bond acceptors (Lipinski definition) is 5. The molecule has 2 heterocycles. The van der Waals surface area contributed by atoms with E-state index < -0.39 is 17.6 Å². The molecule has 35 heavy (non-hydrogen) atoms. The molecule has 0 bridgehead atoms. The van der Waals surface area contributed by atoms with Crippen LogP contribution in [0.15, 0.2) is 46.9 Å². The molecule has 7 nitrogen and oxygen atoms in total. The number of phenols is 1. The van der Waals surface area contributed by atoms with Crippen LogP contribution in [0.25, 0.3) is 22.1 Å². The monoisotopic (exact) mass is 486 g/mol. The Hall–Kier alpha value is -3.62. The van der Waals surface area contributed by atoms with Crippen LogP contribution in [-0.4, -0.2) is 58.5 Å². The number of fused-ring (bicyclic) bond motifs is 1. The molecular formula is C26H28F2N2O5. The molecule has 0 radical (unpaired) electrons. The minimum absolute atomic E-state index is 0.0249. The molecule has 1 fully saturated rings. The normalized spacial score (nSPS) is 15.8. The second-order valence-electron chi connectivity index (χ2n) is 9.80. The standard InChI is InChI=1S/C26H28F2N2O5/c1-25(2,3)29(4)24(33)35-21-15-19-13-18(14-20(31)22(19)34-21)16-5-7-17(8-6-16)23(32)30-11-9-26(27,28)10-12-30/h5-8,13-15,31H,9-12H2,1-4H3. The number of halogens is 2. The predicted octanol–water partition coefficient (Wildman–Crippen LogP) is 5.91.